The van der Waals surface area contributed by atoms with E-state index in [1.165, 1.54) is 0 Å². The van der Waals surface area contributed by atoms with Gasteiger partial charge in [-0.15, -0.1) is 0 Å². The lowest BCUT2D eigenvalue weighted by Crippen LogP contribution is -2.61. The summed E-state index contributed by atoms with van der Waals surface area (Å²) in [4.78, 5) is 0. The zero-order valence-electron chi connectivity index (χ0n) is 28.4. The van der Waals surface area contributed by atoms with Crippen molar-refractivity contribution in [3.63, 3.8) is 0 Å². The van der Waals surface area contributed by atoms with Crippen LogP contribution in [0.25, 0.3) is 0 Å². The van der Waals surface area contributed by atoms with Gasteiger partial charge in [-0.05, 0) is 73.0 Å². The van der Waals surface area contributed by atoms with Crippen molar-refractivity contribution in [1.82, 2.24) is 0 Å². The molecule has 10 nitrogen and oxygen atoms in total. The first-order valence-electron chi connectivity index (χ1n) is 17.8. The highest BCUT2D eigenvalue weighted by atomic mass is 16.8. The fourth-order valence-electron chi connectivity index (χ4n) is 13.7. The van der Waals surface area contributed by atoms with Crippen LogP contribution in [0.4, 0.5) is 0 Å². The largest absolute Gasteiger partial charge is 0.392 e. The van der Waals surface area contributed by atoms with E-state index in [9.17, 15) is 20.4 Å². The van der Waals surface area contributed by atoms with Gasteiger partial charge in [0.1, 0.15) is 30.0 Å². The zero-order chi connectivity index (χ0) is 32.6. The van der Waals surface area contributed by atoms with E-state index < -0.39 is 48.4 Å². The number of ether oxygens (including phenoxy) is 6. The van der Waals surface area contributed by atoms with E-state index in [-0.39, 0.29) is 57.9 Å². The predicted octanol–water partition coefficient (Wildman–Crippen LogP) is 3.03. The highest BCUT2D eigenvalue weighted by Crippen LogP contribution is 2.88. The van der Waals surface area contributed by atoms with Crippen LogP contribution in [0.5, 0.6) is 0 Å². The highest BCUT2D eigenvalue weighted by Gasteiger charge is 2.85. The maximum Gasteiger partial charge on any atom is 0.201 e. The Morgan fingerprint density at radius 1 is 0.935 bits per heavy atom. The maximum atomic E-state index is 12.1. The minimum atomic E-state index is -1.35. The van der Waals surface area contributed by atoms with E-state index in [1.807, 2.05) is 0 Å². The molecule has 0 aromatic rings. The Labute approximate surface area is 272 Å². The minimum absolute atomic E-state index is 0.0371. The first kappa shape index (κ1) is 31.3. The van der Waals surface area contributed by atoms with Crippen molar-refractivity contribution in [1.29, 1.82) is 0 Å². The van der Waals surface area contributed by atoms with Gasteiger partial charge in [-0.25, -0.2) is 0 Å². The van der Waals surface area contributed by atoms with Crippen LogP contribution >= 0.6 is 0 Å². The Kier molecular flexibility index (Phi) is 6.24. The van der Waals surface area contributed by atoms with E-state index in [2.05, 4.69) is 47.6 Å². The van der Waals surface area contributed by atoms with E-state index >= 15 is 0 Å². The summed E-state index contributed by atoms with van der Waals surface area (Å²) < 4.78 is 37.6. The summed E-state index contributed by atoms with van der Waals surface area (Å²) in [5.41, 5.74) is 0.563. The van der Waals surface area contributed by atoms with Gasteiger partial charge in [-0.2, -0.15) is 0 Å². The lowest BCUT2D eigenvalue weighted by Gasteiger charge is -2.61. The highest BCUT2D eigenvalue weighted by molar-refractivity contribution is 5.47. The summed E-state index contributed by atoms with van der Waals surface area (Å²) in [5.74, 6) is 0.253. The molecule has 4 saturated heterocycles. The van der Waals surface area contributed by atoms with Crippen molar-refractivity contribution in [3.05, 3.63) is 11.6 Å². The van der Waals surface area contributed by atoms with Crippen molar-refractivity contribution in [2.45, 2.75) is 153 Å². The van der Waals surface area contributed by atoms with Crippen LogP contribution in [0.1, 0.15) is 86.5 Å². The Morgan fingerprint density at radius 3 is 2.41 bits per heavy atom. The standard InChI is InChI=1S/C36H54O10/c1-17-13-36(28-33(6,45-28)29(41-7)46-36)44-19-14-32(5)21-9-8-20-30(2,3)23(43-27-26(40)25(39)18(37)15-42-27)12-22(38)35(20)16-34(21,35)11-10-31(32,4)24(17)19/h9,17-20,22-29,37-40H,8,10-16H2,1-7H3/t17-,18-,19?,20+,22+,23+,24+,25+,26-,27+,28?,29-,31-,32+,33?,34+,35-,36?/m1/s1. The molecule has 8 fully saturated rings. The van der Waals surface area contributed by atoms with Crippen molar-refractivity contribution >= 4 is 0 Å². The molecule has 5 aliphatic carbocycles. The number of epoxide rings is 1. The van der Waals surface area contributed by atoms with Gasteiger partial charge in [-0.1, -0.05) is 46.3 Å². The molecule has 4 unspecified atom stereocenters. The predicted molar refractivity (Wildman–Crippen MR) is 163 cm³/mol. The van der Waals surface area contributed by atoms with Crippen LogP contribution in [0.15, 0.2) is 11.6 Å². The molecule has 0 radical (unpaired) electrons. The molecule has 0 amide bonds. The summed E-state index contributed by atoms with van der Waals surface area (Å²) >= 11 is 0. The number of aliphatic hydroxyl groups excluding tert-OH is 4. The van der Waals surface area contributed by atoms with Crippen LogP contribution in [0, 0.1) is 44.8 Å². The molecule has 46 heavy (non-hydrogen) atoms. The molecule has 4 saturated carbocycles. The Balaban J connectivity index is 1.02. The molecule has 4 aliphatic heterocycles. The Bertz CT molecular complexity index is 1350. The summed E-state index contributed by atoms with van der Waals surface area (Å²) in [7, 11) is 1.68. The van der Waals surface area contributed by atoms with E-state index in [1.54, 1.807) is 12.7 Å². The van der Waals surface area contributed by atoms with Crippen molar-refractivity contribution < 1.29 is 48.8 Å². The summed E-state index contributed by atoms with van der Waals surface area (Å²) in [6.45, 7) is 13.8. The van der Waals surface area contributed by atoms with Gasteiger partial charge in [0.15, 0.2) is 12.6 Å². The quantitative estimate of drug-likeness (QED) is 0.267. The van der Waals surface area contributed by atoms with Crippen LogP contribution in [-0.4, -0.2) is 101 Å². The average Bonchev–Trinajstić information content (AvgIpc) is 3.85. The van der Waals surface area contributed by atoms with Gasteiger partial charge in [0.2, 0.25) is 5.79 Å². The molecular weight excluding hydrogens is 592 g/mol. The molecule has 258 valence electrons. The third-order valence-electron chi connectivity index (χ3n) is 16.0. The summed E-state index contributed by atoms with van der Waals surface area (Å²) in [6.07, 6.45) is 2.53. The number of aliphatic hydroxyl groups is 4. The molecule has 0 aromatic carbocycles. The lowest BCUT2D eigenvalue weighted by molar-refractivity contribution is -0.348. The van der Waals surface area contributed by atoms with Gasteiger partial charge in [0.25, 0.3) is 0 Å². The minimum Gasteiger partial charge on any atom is -0.392 e. The number of methoxy groups -OCH3 is 1. The topological polar surface area (TPSA) is 140 Å². The Hall–Kier alpha value is -0.660. The first-order chi connectivity index (χ1) is 21.5. The van der Waals surface area contributed by atoms with E-state index in [4.69, 9.17) is 28.4 Å². The van der Waals surface area contributed by atoms with Gasteiger partial charge in [-0.3, -0.25) is 0 Å². The smallest absolute Gasteiger partial charge is 0.201 e. The Morgan fingerprint density at radius 2 is 1.70 bits per heavy atom. The van der Waals surface area contributed by atoms with Crippen molar-refractivity contribution in [2.75, 3.05) is 13.7 Å². The molecule has 4 heterocycles. The monoisotopic (exact) mass is 646 g/mol. The summed E-state index contributed by atoms with van der Waals surface area (Å²) in [6, 6.07) is 0. The second-order valence-corrected chi connectivity index (χ2v) is 18.1. The average molecular weight is 647 g/mol. The first-order valence-corrected chi connectivity index (χ1v) is 17.8. The number of hydrogen-bond acceptors (Lipinski definition) is 10. The third kappa shape index (κ3) is 3.39. The molecule has 10 heteroatoms. The number of rotatable bonds is 3. The van der Waals surface area contributed by atoms with Crippen molar-refractivity contribution in [3.8, 4) is 0 Å². The normalized spacial score (nSPS) is 63.9. The second-order valence-electron chi connectivity index (χ2n) is 18.1. The zero-order valence-corrected chi connectivity index (χ0v) is 28.4. The summed E-state index contributed by atoms with van der Waals surface area (Å²) in [5, 5.41) is 43.0. The van der Waals surface area contributed by atoms with Gasteiger partial charge < -0.3 is 48.8 Å². The maximum absolute atomic E-state index is 12.1. The van der Waals surface area contributed by atoms with E-state index in [0.29, 0.717) is 18.3 Å². The second kappa shape index (κ2) is 9.16. The number of allylic oxidation sites excluding steroid dienone is 2. The number of hydrogen-bond donors (Lipinski definition) is 4. The van der Waals surface area contributed by atoms with Crippen LogP contribution in [-0.2, 0) is 28.4 Å². The van der Waals surface area contributed by atoms with Crippen LogP contribution in [0.2, 0.25) is 0 Å². The van der Waals surface area contributed by atoms with Gasteiger partial charge in [0.05, 0.1) is 24.9 Å². The van der Waals surface area contributed by atoms with Crippen LogP contribution in [0.3, 0.4) is 0 Å². The van der Waals surface area contributed by atoms with Gasteiger partial charge in [0, 0.05) is 30.8 Å². The molecule has 3 spiro atoms. The molecule has 9 rings (SSSR count). The molecule has 0 bridgehead atoms. The molecule has 9 aliphatic rings. The lowest BCUT2D eigenvalue weighted by atomic mass is 9.44. The fraction of sp³-hybridized carbons (Fsp3) is 0.944. The molecule has 4 N–H and O–H groups in total. The number of fused-ring (bicyclic) bond motifs is 6. The van der Waals surface area contributed by atoms with Crippen LogP contribution < -0.4 is 0 Å². The van der Waals surface area contributed by atoms with Crippen molar-refractivity contribution in [2.24, 2.45) is 44.8 Å². The van der Waals surface area contributed by atoms with E-state index in [0.717, 1.165) is 38.5 Å². The molecule has 0 aromatic heterocycles. The molecule has 18 atom stereocenters. The third-order valence-corrected chi connectivity index (χ3v) is 16.0. The fourth-order valence-corrected chi connectivity index (χ4v) is 13.7. The SMILES string of the molecule is CO[C@@H]1OC2(C[C@@H](C)[C@H]3C(C[C@@]4(C)C5=CC[C@H]6C(C)(C)[C@@H](O[C@@H]7OC[C@@H](O)[C@H](O)[C@H]7O)C[C@H](O)[C@@]67C[C@@]57CC[C@]34C)O2)C2OC21C. The molecular formula is C36H54O10. The van der Waals surface area contributed by atoms with Gasteiger partial charge >= 0.3 is 0 Å².